The second kappa shape index (κ2) is 7.10. The molecule has 0 fully saturated rings. The summed E-state index contributed by atoms with van der Waals surface area (Å²) in [5.41, 5.74) is 0.389. The van der Waals surface area contributed by atoms with Crippen LogP contribution in [0.15, 0.2) is 24.5 Å². The van der Waals surface area contributed by atoms with Gasteiger partial charge in [0, 0.05) is 38.4 Å². The first kappa shape index (κ1) is 14.6. The molecular weight excluding hydrogens is 226 g/mol. The molecule has 1 aromatic rings. The highest BCUT2D eigenvalue weighted by molar-refractivity contribution is 5.08. The van der Waals surface area contributed by atoms with Crippen LogP contribution in [0.1, 0.15) is 32.3 Å². The van der Waals surface area contributed by atoms with Gasteiger partial charge in [0.15, 0.2) is 0 Å². The van der Waals surface area contributed by atoms with Crippen LogP contribution in [0.2, 0.25) is 0 Å². The maximum Gasteiger partial charge on any atom is 0.0743 e. The maximum atomic E-state index is 10.1. The molecule has 0 saturated heterocycles. The van der Waals surface area contributed by atoms with Crippen molar-refractivity contribution in [2.24, 2.45) is 0 Å². The summed E-state index contributed by atoms with van der Waals surface area (Å²) in [4.78, 5) is 6.18. The normalized spacial score (nSPS) is 14.2. The molecule has 0 aliphatic carbocycles. The summed E-state index contributed by atoms with van der Waals surface area (Å²) in [6.45, 7) is 5.75. The topological polar surface area (TPSA) is 60.1 Å². The van der Waals surface area contributed by atoms with Gasteiger partial charge in [0.1, 0.15) is 0 Å². The number of nitriles is 1. The van der Waals surface area contributed by atoms with E-state index in [1.165, 1.54) is 0 Å². The van der Waals surface area contributed by atoms with Gasteiger partial charge in [-0.1, -0.05) is 13.0 Å². The zero-order chi connectivity index (χ0) is 13.4. The smallest absolute Gasteiger partial charge is 0.0743 e. The van der Waals surface area contributed by atoms with E-state index < -0.39 is 5.60 Å². The first-order chi connectivity index (χ1) is 8.57. The molecule has 0 radical (unpaired) electrons. The molecule has 1 unspecified atom stereocenters. The molecule has 1 rings (SSSR count). The summed E-state index contributed by atoms with van der Waals surface area (Å²) in [5, 5.41) is 18.8. The van der Waals surface area contributed by atoms with Gasteiger partial charge in [-0.2, -0.15) is 5.26 Å². The molecule has 4 nitrogen and oxygen atoms in total. The third-order valence-corrected chi connectivity index (χ3v) is 2.99. The molecule has 1 aromatic heterocycles. The van der Waals surface area contributed by atoms with E-state index in [1.54, 1.807) is 6.20 Å². The molecule has 0 spiro atoms. The molecule has 1 N–H and O–H groups in total. The van der Waals surface area contributed by atoms with Gasteiger partial charge in [0.25, 0.3) is 0 Å². The Labute approximate surface area is 109 Å². The van der Waals surface area contributed by atoms with Gasteiger partial charge < -0.3 is 5.11 Å². The van der Waals surface area contributed by atoms with Crippen molar-refractivity contribution in [2.45, 2.75) is 38.8 Å². The molecule has 4 heteroatoms. The lowest BCUT2D eigenvalue weighted by Gasteiger charge is -2.30. The highest BCUT2D eigenvalue weighted by atomic mass is 16.3. The van der Waals surface area contributed by atoms with E-state index in [9.17, 15) is 5.11 Å². The quantitative estimate of drug-likeness (QED) is 0.800. The number of hydrogen-bond donors (Lipinski definition) is 1. The molecular formula is C14H21N3O. The fourth-order valence-electron chi connectivity index (χ4n) is 1.77. The molecule has 18 heavy (non-hydrogen) atoms. The Balaban J connectivity index is 2.64. The molecule has 0 aliphatic heterocycles. The average molecular weight is 247 g/mol. The Kier molecular flexibility index (Phi) is 5.76. The van der Waals surface area contributed by atoms with E-state index in [0.717, 1.165) is 5.56 Å². The third kappa shape index (κ3) is 5.26. The van der Waals surface area contributed by atoms with Gasteiger partial charge in [-0.25, -0.2) is 0 Å². The summed E-state index contributed by atoms with van der Waals surface area (Å²) >= 11 is 0. The largest absolute Gasteiger partial charge is 0.389 e. The summed E-state index contributed by atoms with van der Waals surface area (Å²) in [5.74, 6) is 0. The maximum absolute atomic E-state index is 10.1. The standard InChI is InChI=1S/C14H21N3O/c1-3-14(2,18)12-17(9-5-7-15)11-13-6-4-8-16-10-13/h4,6,8,10,18H,3,5,9,11-12H2,1-2H3. The van der Waals surface area contributed by atoms with Gasteiger partial charge >= 0.3 is 0 Å². The van der Waals surface area contributed by atoms with Crippen molar-refractivity contribution in [3.63, 3.8) is 0 Å². The van der Waals surface area contributed by atoms with Crippen LogP contribution in [0, 0.1) is 11.3 Å². The van der Waals surface area contributed by atoms with Crippen LogP contribution in [0.5, 0.6) is 0 Å². The molecule has 0 amide bonds. The van der Waals surface area contributed by atoms with Crippen molar-refractivity contribution < 1.29 is 5.11 Å². The van der Waals surface area contributed by atoms with Crippen LogP contribution in [-0.4, -0.2) is 33.7 Å². The van der Waals surface area contributed by atoms with Crippen molar-refractivity contribution in [1.29, 1.82) is 5.26 Å². The molecule has 0 saturated carbocycles. The number of aromatic nitrogens is 1. The minimum atomic E-state index is -0.711. The van der Waals surface area contributed by atoms with Gasteiger partial charge in [-0.3, -0.25) is 9.88 Å². The number of hydrogen-bond acceptors (Lipinski definition) is 4. The number of rotatable bonds is 7. The number of pyridine rings is 1. The van der Waals surface area contributed by atoms with Crippen molar-refractivity contribution in [3.05, 3.63) is 30.1 Å². The van der Waals surface area contributed by atoms with Crippen LogP contribution < -0.4 is 0 Å². The van der Waals surface area contributed by atoms with E-state index in [4.69, 9.17) is 5.26 Å². The zero-order valence-electron chi connectivity index (χ0n) is 11.1. The minimum Gasteiger partial charge on any atom is -0.389 e. The number of nitrogens with zero attached hydrogens (tertiary/aromatic N) is 3. The van der Waals surface area contributed by atoms with E-state index in [-0.39, 0.29) is 0 Å². The summed E-state index contributed by atoms with van der Waals surface area (Å²) in [6.07, 6.45) is 4.73. The molecule has 1 atom stereocenters. The van der Waals surface area contributed by atoms with Gasteiger partial charge in [-0.15, -0.1) is 0 Å². The van der Waals surface area contributed by atoms with Crippen LogP contribution in [-0.2, 0) is 6.54 Å². The second-order valence-electron chi connectivity index (χ2n) is 4.83. The van der Waals surface area contributed by atoms with Crippen LogP contribution in [0.3, 0.4) is 0 Å². The lowest BCUT2D eigenvalue weighted by molar-refractivity contribution is 0.0145. The SMILES string of the molecule is CCC(C)(O)CN(CCC#N)Cc1cccnc1. The predicted molar refractivity (Wildman–Crippen MR) is 70.7 cm³/mol. The highest BCUT2D eigenvalue weighted by Crippen LogP contribution is 2.13. The van der Waals surface area contributed by atoms with Gasteiger partial charge in [0.2, 0.25) is 0 Å². The molecule has 98 valence electrons. The first-order valence-electron chi connectivity index (χ1n) is 6.28. The van der Waals surface area contributed by atoms with Crippen molar-refractivity contribution in [1.82, 2.24) is 9.88 Å². The van der Waals surface area contributed by atoms with Crippen LogP contribution in [0.25, 0.3) is 0 Å². The average Bonchev–Trinajstić information content (AvgIpc) is 2.37. The van der Waals surface area contributed by atoms with Crippen molar-refractivity contribution in [3.8, 4) is 6.07 Å². The fraction of sp³-hybridized carbons (Fsp3) is 0.571. The van der Waals surface area contributed by atoms with E-state index in [1.807, 2.05) is 32.2 Å². The predicted octanol–water partition coefficient (Wildman–Crippen LogP) is 1.96. The van der Waals surface area contributed by atoms with Gasteiger partial charge in [-0.05, 0) is 25.0 Å². The van der Waals surface area contributed by atoms with Gasteiger partial charge in [0.05, 0.1) is 11.7 Å². The Morgan fingerprint density at radius 1 is 1.56 bits per heavy atom. The monoisotopic (exact) mass is 247 g/mol. The number of aliphatic hydroxyl groups is 1. The van der Waals surface area contributed by atoms with E-state index >= 15 is 0 Å². The van der Waals surface area contributed by atoms with Crippen LogP contribution >= 0.6 is 0 Å². The summed E-state index contributed by atoms with van der Waals surface area (Å²) in [6, 6.07) is 6.05. The second-order valence-corrected chi connectivity index (χ2v) is 4.83. The summed E-state index contributed by atoms with van der Waals surface area (Å²) in [7, 11) is 0. The third-order valence-electron chi connectivity index (χ3n) is 2.99. The Morgan fingerprint density at radius 2 is 2.33 bits per heavy atom. The lowest BCUT2D eigenvalue weighted by atomic mass is 10.0. The molecule has 0 bridgehead atoms. The molecule has 0 aromatic carbocycles. The highest BCUT2D eigenvalue weighted by Gasteiger charge is 2.21. The minimum absolute atomic E-state index is 0.472. The first-order valence-corrected chi connectivity index (χ1v) is 6.28. The van der Waals surface area contributed by atoms with Crippen molar-refractivity contribution in [2.75, 3.05) is 13.1 Å². The van der Waals surface area contributed by atoms with E-state index in [0.29, 0.717) is 32.5 Å². The van der Waals surface area contributed by atoms with Crippen molar-refractivity contribution >= 4 is 0 Å². The zero-order valence-corrected chi connectivity index (χ0v) is 11.1. The molecule has 0 aliphatic rings. The molecule has 1 heterocycles. The Hall–Kier alpha value is -1.44. The Morgan fingerprint density at radius 3 is 2.89 bits per heavy atom. The Bertz CT molecular complexity index is 384. The van der Waals surface area contributed by atoms with E-state index in [2.05, 4.69) is 16.0 Å². The van der Waals surface area contributed by atoms with Crippen LogP contribution in [0.4, 0.5) is 0 Å². The fourth-order valence-corrected chi connectivity index (χ4v) is 1.77. The summed E-state index contributed by atoms with van der Waals surface area (Å²) < 4.78 is 0. The lowest BCUT2D eigenvalue weighted by Crippen LogP contribution is -2.40.